The third-order valence-corrected chi connectivity index (χ3v) is 1.96. The Balaban J connectivity index is 4.24. The van der Waals surface area contributed by atoms with E-state index in [1.54, 1.807) is 7.05 Å². The number of esters is 1. The molecule has 0 bridgehead atoms. The van der Waals surface area contributed by atoms with Crippen LogP contribution in [0.25, 0.3) is 0 Å². The number of ether oxygens (including phenoxy) is 1. The van der Waals surface area contributed by atoms with Crippen molar-refractivity contribution in [3.8, 4) is 0 Å². The van der Waals surface area contributed by atoms with Crippen molar-refractivity contribution in [1.29, 1.82) is 0 Å². The third-order valence-electron chi connectivity index (χ3n) is 1.96. The summed E-state index contributed by atoms with van der Waals surface area (Å²) in [6.45, 7) is 3.61. The molecule has 0 amide bonds. The van der Waals surface area contributed by atoms with Gasteiger partial charge in [-0.1, -0.05) is 13.8 Å². The van der Waals surface area contributed by atoms with Gasteiger partial charge in [-0.05, 0) is 7.05 Å². The molecule has 0 rings (SSSR count). The van der Waals surface area contributed by atoms with Gasteiger partial charge in [0.05, 0.1) is 13.7 Å². The van der Waals surface area contributed by atoms with Crippen molar-refractivity contribution in [2.24, 2.45) is 0 Å². The Kier molecular flexibility index (Phi) is 7.16. The van der Waals surface area contributed by atoms with Crippen molar-refractivity contribution < 1.29 is 18.3 Å². The van der Waals surface area contributed by atoms with Crippen LogP contribution < -0.4 is 5.32 Å². The molecule has 0 heterocycles. The molecule has 16 heavy (non-hydrogen) atoms. The van der Waals surface area contributed by atoms with E-state index in [9.17, 15) is 13.6 Å². The lowest BCUT2D eigenvalue weighted by molar-refractivity contribution is -0.143. The second-order valence-corrected chi connectivity index (χ2v) is 4.01. The summed E-state index contributed by atoms with van der Waals surface area (Å²) >= 11 is 0. The lowest BCUT2D eigenvalue weighted by atomic mass is 10.2. The third kappa shape index (κ3) is 6.68. The zero-order valence-corrected chi connectivity index (χ0v) is 10.2. The minimum atomic E-state index is -2.40. The van der Waals surface area contributed by atoms with E-state index < -0.39 is 18.4 Å². The number of hydrogen-bond acceptors (Lipinski definition) is 4. The fourth-order valence-corrected chi connectivity index (χ4v) is 1.36. The average Bonchev–Trinajstić information content (AvgIpc) is 2.13. The van der Waals surface area contributed by atoms with Crippen molar-refractivity contribution >= 4 is 5.97 Å². The van der Waals surface area contributed by atoms with Gasteiger partial charge in [0.25, 0.3) is 6.43 Å². The van der Waals surface area contributed by atoms with Crippen LogP contribution in [0.5, 0.6) is 0 Å². The molecule has 0 aromatic carbocycles. The first-order valence-electron chi connectivity index (χ1n) is 5.17. The van der Waals surface area contributed by atoms with Crippen molar-refractivity contribution in [2.45, 2.75) is 32.4 Å². The van der Waals surface area contributed by atoms with E-state index in [0.717, 1.165) is 0 Å². The van der Waals surface area contributed by atoms with Crippen LogP contribution in [0, 0.1) is 0 Å². The molecular weight excluding hydrogens is 218 g/mol. The Bertz CT molecular complexity index is 213. The lowest BCUT2D eigenvalue weighted by Crippen LogP contribution is -2.49. The highest BCUT2D eigenvalue weighted by molar-refractivity contribution is 5.75. The highest BCUT2D eigenvalue weighted by atomic mass is 19.3. The number of rotatable bonds is 7. The monoisotopic (exact) mass is 238 g/mol. The topological polar surface area (TPSA) is 41.6 Å². The molecule has 0 fully saturated rings. The van der Waals surface area contributed by atoms with Gasteiger partial charge in [0.2, 0.25) is 0 Å². The molecule has 0 aliphatic carbocycles. The minimum absolute atomic E-state index is 0.0871. The van der Waals surface area contributed by atoms with Gasteiger partial charge in [-0.25, -0.2) is 8.78 Å². The number of nitrogens with zero attached hydrogens (tertiary/aromatic N) is 1. The number of alkyl halides is 2. The predicted molar refractivity (Wildman–Crippen MR) is 57.6 cm³/mol. The number of carbonyl (C=O) groups excluding carboxylic acids is 1. The molecule has 0 aliphatic heterocycles. The molecular formula is C10H20F2N2O2. The smallest absolute Gasteiger partial charge is 0.324 e. The van der Waals surface area contributed by atoms with E-state index >= 15 is 0 Å². The minimum Gasteiger partial charge on any atom is -0.468 e. The summed E-state index contributed by atoms with van der Waals surface area (Å²) < 4.78 is 28.8. The van der Waals surface area contributed by atoms with E-state index in [1.807, 2.05) is 13.8 Å². The normalized spacial score (nSPS) is 13.6. The summed E-state index contributed by atoms with van der Waals surface area (Å²) in [6.07, 6.45) is -2.40. The number of likely N-dealkylation sites (N-methyl/N-ethyl adjacent to an activating group) is 1. The lowest BCUT2D eigenvalue weighted by Gasteiger charge is -2.24. The zero-order valence-electron chi connectivity index (χ0n) is 10.2. The first-order valence-corrected chi connectivity index (χ1v) is 5.17. The molecule has 0 spiro atoms. The van der Waals surface area contributed by atoms with E-state index in [1.165, 1.54) is 12.0 Å². The number of halogens is 2. The summed E-state index contributed by atoms with van der Waals surface area (Å²) in [5, 5.41) is 2.97. The fourth-order valence-electron chi connectivity index (χ4n) is 1.36. The van der Waals surface area contributed by atoms with Crippen LogP contribution in [0.2, 0.25) is 0 Å². The van der Waals surface area contributed by atoms with Crippen molar-refractivity contribution in [3.05, 3.63) is 0 Å². The van der Waals surface area contributed by atoms with Crippen LogP contribution in [-0.4, -0.2) is 56.6 Å². The quantitative estimate of drug-likeness (QED) is 0.664. The summed E-state index contributed by atoms with van der Waals surface area (Å²) in [7, 11) is 2.83. The summed E-state index contributed by atoms with van der Waals surface area (Å²) in [5.74, 6) is -0.435. The number of carbonyl (C=O) groups is 1. The fraction of sp³-hybridized carbons (Fsp3) is 0.900. The van der Waals surface area contributed by atoms with Crippen LogP contribution in [0.4, 0.5) is 8.78 Å². The molecule has 6 heteroatoms. The molecule has 1 N–H and O–H groups in total. The van der Waals surface area contributed by atoms with Crippen molar-refractivity contribution in [3.63, 3.8) is 0 Å². The largest absolute Gasteiger partial charge is 0.468 e. The van der Waals surface area contributed by atoms with Crippen LogP contribution in [0.1, 0.15) is 13.8 Å². The SMILES string of the molecule is COC(=O)C(CN(C)CC(F)F)NC(C)C. The van der Waals surface area contributed by atoms with Gasteiger partial charge in [-0.15, -0.1) is 0 Å². The Labute approximate surface area is 94.9 Å². The molecule has 1 unspecified atom stereocenters. The van der Waals surface area contributed by atoms with E-state index in [0.29, 0.717) is 0 Å². The number of hydrogen-bond donors (Lipinski definition) is 1. The highest BCUT2D eigenvalue weighted by Crippen LogP contribution is 1.99. The van der Waals surface area contributed by atoms with Crippen molar-refractivity contribution in [1.82, 2.24) is 10.2 Å². The zero-order chi connectivity index (χ0) is 12.7. The van der Waals surface area contributed by atoms with Gasteiger partial charge in [-0.3, -0.25) is 9.69 Å². The summed E-state index contributed by atoms with van der Waals surface area (Å²) in [6, 6.07) is -0.488. The van der Waals surface area contributed by atoms with E-state index in [4.69, 9.17) is 0 Å². The molecule has 1 atom stereocenters. The molecule has 0 aromatic heterocycles. The van der Waals surface area contributed by atoms with Crippen LogP contribution in [-0.2, 0) is 9.53 Å². The molecule has 0 aliphatic rings. The van der Waals surface area contributed by atoms with E-state index in [-0.39, 0.29) is 19.1 Å². The molecule has 96 valence electrons. The Morgan fingerprint density at radius 2 is 1.94 bits per heavy atom. The highest BCUT2D eigenvalue weighted by Gasteiger charge is 2.22. The number of methoxy groups -OCH3 is 1. The molecule has 4 nitrogen and oxygen atoms in total. The maximum Gasteiger partial charge on any atom is 0.324 e. The second-order valence-electron chi connectivity index (χ2n) is 4.01. The molecule has 0 radical (unpaired) electrons. The Morgan fingerprint density at radius 3 is 2.31 bits per heavy atom. The summed E-state index contributed by atoms with van der Waals surface area (Å²) in [4.78, 5) is 12.8. The Hall–Kier alpha value is -0.750. The maximum atomic E-state index is 12.1. The van der Waals surface area contributed by atoms with Gasteiger partial charge in [0, 0.05) is 12.6 Å². The van der Waals surface area contributed by atoms with E-state index in [2.05, 4.69) is 10.1 Å². The first kappa shape index (κ1) is 15.2. The Morgan fingerprint density at radius 1 is 1.38 bits per heavy atom. The average molecular weight is 238 g/mol. The van der Waals surface area contributed by atoms with Crippen molar-refractivity contribution in [2.75, 3.05) is 27.2 Å². The van der Waals surface area contributed by atoms with Gasteiger partial charge < -0.3 is 10.1 Å². The standard InChI is InChI=1S/C10H20F2N2O2/c1-7(2)13-8(10(15)16-4)5-14(3)6-9(11)12/h7-9,13H,5-6H2,1-4H3. The van der Waals surface area contributed by atoms with Crippen LogP contribution >= 0.6 is 0 Å². The maximum absolute atomic E-state index is 12.1. The first-order chi connectivity index (χ1) is 7.36. The summed E-state index contributed by atoms with van der Waals surface area (Å²) in [5.41, 5.74) is 0. The molecule has 0 aromatic rings. The number of nitrogens with one attached hydrogen (secondary N) is 1. The van der Waals surface area contributed by atoms with Gasteiger partial charge in [-0.2, -0.15) is 0 Å². The van der Waals surface area contributed by atoms with Crippen LogP contribution in [0.15, 0.2) is 0 Å². The second kappa shape index (κ2) is 7.51. The van der Waals surface area contributed by atoms with Crippen LogP contribution in [0.3, 0.4) is 0 Å². The molecule has 0 saturated carbocycles. The van der Waals surface area contributed by atoms with Gasteiger partial charge in [0.15, 0.2) is 0 Å². The predicted octanol–water partition coefficient (Wildman–Crippen LogP) is 0.723. The van der Waals surface area contributed by atoms with Gasteiger partial charge in [0.1, 0.15) is 6.04 Å². The molecule has 0 saturated heterocycles. The van der Waals surface area contributed by atoms with Gasteiger partial charge >= 0.3 is 5.97 Å².